The Morgan fingerprint density at radius 2 is 1.86 bits per heavy atom. The van der Waals surface area contributed by atoms with Crippen LogP contribution in [0, 0.1) is 11.6 Å². The van der Waals surface area contributed by atoms with E-state index in [2.05, 4.69) is 15.5 Å². The van der Waals surface area contributed by atoms with Crippen LogP contribution in [0.1, 0.15) is 5.56 Å². The number of hydrogen-bond acceptors (Lipinski definition) is 5. The van der Waals surface area contributed by atoms with Crippen molar-refractivity contribution in [2.75, 3.05) is 5.32 Å². The topological polar surface area (TPSA) is 68.0 Å². The van der Waals surface area contributed by atoms with Gasteiger partial charge in [-0.15, -0.1) is 11.3 Å². The lowest BCUT2D eigenvalue weighted by atomic mass is 10.1. The molecule has 4 rings (SSSR count). The van der Waals surface area contributed by atoms with Crippen molar-refractivity contribution in [3.05, 3.63) is 77.2 Å². The number of carbonyl (C=O) groups is 1. The summed E-state index contributed by atoms with van der Waals surface area (Å²) in [6, 6.07) is 13.6. The minimum absolute atomic E-state index is 0.0907. The van der Waals surface area contributed by atoms with Crippen LogP contribution >= 0.6 is 11.3 Å². The molecule has 0 radical (unpaired) electrons. The van der Waals surface area contributed by atoms with E-state index in [0.29, 0.717) is 27.5 Å². The van der Waals surface area contributed by atoms with E-state index in [4.69, 9.17) is 4.52 Å². The summed E-state index contributed by atoms with van der Waals surface area (Å²) in [5, 5.41) is 8.43. The molecule has 140 valence electrons. The zero-order valence-electron chi connectivity index (χ0n) is 14.4. The molecule has 0 aliphatic rings. The minimum atomic E-state index is -0.427. The second kappa shape index (κ2) is 7.69. The smallest absolute Gasteiger partial charge is 0.270 e. The number of rotatable bonds is 5. The predicted molar refractivity (Wildman–Crippen MR) is 102 cm³/mol. The van der Waals surface area contributed by atoms with Crippen molar-refractivity contribution < 1.29 is 18.1 Å². The summed E-state index contributed by atoms with van der Waals surface area (Å²) in [6.07, 6.45) is -0.0907. The third kappa shape index (κ3) is 3.81. The van der Waals surface area contributed by atoms with Crippen molar-refractivity contribution >= 4 is 22.9 Å². The van der Waals surface area contributed by atoms with Gasteiger partial charge < -0.3 is 9.84 Å². The van der Waals surface area contributed by atoms with E-state index in [0.717, 1.165) is 0 Å². The molecule has 2 heterocycles. The third-order valence-electron chi connectivity index (χ3n) is 3.97. The maximum absolute atomic E-state index is 13.7. The van der Waals surface area contributed by atoms with Gasteiger partial charge in [-0.05, 0) is 47.3 Å². The van der Waals surface area contributed by atoms with E-state index in [1.54, 1.807) is 41.8 Å². The number of thiophene rings is 1. The van der Waals surface area contributed by atoms with Crippen molar-refractivity contribution in [2.45, 2.75) is 6.42 Å². The van der Waals surface area contributed by atoms with Gasteiger partial charge >= 0.3 is 0 Å². The van der Waals surface area contributed by atoms with Crippen LogP contribution in [0.3, 0.4) is 0 Å². The monoisotopic (exact) mass is 397 g/mol. The summed E-state index contributed by atoms with van der Waals surface area (Å²) in [6.45, 7) is 0. The molecule has 28 heavy (non-hydrogen) atoms. The lowest BCUT2D eigenvalue weighted by molar-refractivity contribution is -0.115. The van der Waals surface area contributed by atoms with E-state index < -0.39 is 5.82 Å². The van der Waals surface area contributed by atoms with Crippen molar-refractivity contribution in [1.82, 2.24) is 10.1 Å². The first-order chi connectivity index (χ1) is 13.6. The Morgan fingerprint density at radius 1 is 1.07 bits per heavy atom. The summed E-state index contributed by atoms with van der Waals surface area (Å²) < 4.78 is 32.1. The molecule has 0 spiro atoms. The zero-order chi connectivity index (χ0) is 19.5. The molecule has 1 amide bonds. The van der Waals surface area contributed by atoms with Gasteiger partial charge in [-0.1, -0.05) is 23.4 Å². The molecule has 0 atom stereocenters. The molecule has 2 aromatic heterocycles. The Bertz CT molecular complexity index is 1120. The molecule has 0 aliphatic carbocycles. The van der Waals surface area contributed by atoms with Crippen molar-refractivity contribution in [3.8, 4) is 22.2 Å². The largest absolute Gasteiger partial charge is 0.333 e. The predicted octanol–water partition coefficient (Wildman–Crippen LogP) is 4.92. The fraction of sp³-hybridized carbons (Fsp3) is 0.0500. The summed E-state index contributed by atoms with van der Waals surface area (Å²) >= 11 is 1.32. The molecule has 0 unspecified atom stereocenters. The third-order valence-corrected chi connectivity index (χ3v) is 4.87. The van der Waals surface area contributed by atoms with E-state index >= 15 is 0 Å². The lowest BCUT2D eigenvalue weighted by Gasteiger charge is -2.05. The highest BCUT2D eigenvalue weighted by Gasteiger charge is 2.18. The summed E-state index contributed by atoms with van der Waals surface area (Å²) in [5.41, 5.74) is 1.42. The second-order valence-electron chi connectivity index (χ2n) is 5.91. The van der Waals surface area contributed by atoms with Crippen molar-refractivity contribution in [2.24, 2.45) is 0 Å². The fourth-order valence-corrected chi connectivity index (χ4v) is 3.38. The zero-order valence-corrected chi connectivity index (χ0v) is 15.2. The van der Waals surface area contributed by atoms with Crippen LogP contribution in [0.15, 0.2) is 64.5 Å². The molecule has 0 saturated carbocycles. The highest BCUT2D eigenvalue weighted by atomic mass is 32.1. The maximum atomic E-state index is 13.7. The number of aromatic nitrogens is 2. The average Bonchev–Trinajstić information content (AvgIpc) is 3.33. The number of nitrogens with one attached hydrogen (secondary N) is 1. The molecule has 0 fully saturated rings. The standard InChI is InChI=1S/C20H13F2N3O2S/c21-14-7-5-12(6-8-14)19-24-20(27-25-19)18-16(9-10-28-18)23-17(26)11-13-3-1-2-4-15(13)22/h1-10H,11H2,(H,23,26). The first kappa shape index (κ1) is 18.0. The van der Waals surface area contributed by atoms with Gasteiger partial charge in [-0.2, -0.15) is 4.98 Å². The number of amides is 1. The first-order valence-corrected chi connectivity index (χ1v) is 9.19. The summed E-state index contributed by atoms with van der Waals surface area (Å²) in [5.74, 6) is -0.597. The SMILES string of the molecule is O=C(Cc1ccccc1F)Nc1ccsc1-c1nc(-c2ccc(F)cc2)no1. The van der Waals surface area contributed by atoms with Gasteiger partial charge in [0, 0.05) is 5.56 Å². The van der Waals surface area contributed by atoms with Crippen LogP contribution < -0.4 is 5.32 Å². The molecule has 8 heteroatoms. The Labute approximate surface area is 162 Å². The first-order valence-electron chi connectivity index (χ1n) is 8.31. The van der Waals surface area contributed by atoms with Gasteiger partial charge in [0.05, 0.1) is 12.1 Å². The molecule has 4 aromatic rings. The molecular weight excluding hydrogens is 384 g/mol. The van der Waals surface area contributed by atoms with Gasteiger partial charge in [-0.25, -0.2) is 8.78 Å². The van der Waals surface area contributed by atoms with Gasteiger partial charge in [0.2, 0.25) is 11.7 Å². The highest BCUT2D eigenvalue weighted by Crippen LogP contribution is 2.33. The van der Waals surface area contributed by atoms with Gasteiger partial charge in [0.1, 0.15) is 16.5 Å². The molecule has 0 aliphatic heterocycles. The number of nitrogens with zero attached hydrogens (tertiary/aromatic N) is 2. The summed E-state index contributed by atoms with van der Waals surface area (Å²) in [7, 11) is 0. The molecule has 1 N–H and O–H groups in total. The minimum Gasteiger partial charge on any atom is -0.333 e. The Balaban J connectivity index is 1.52. The van der Waals surface area contributed by atoms with Crippen molar-refractivity contribution in [1.29, 1.82) is 0 Å². The number of carbonyl (C=O) groups excluding carboxylic acids is 1. The number of anilines is 1. The molecule has 5 nitrogen and oxygen atoms in total. The molecule has 2 aromatic carbocycles. The van der Waals surface area contributed by atoms with E-state index in [-0.39, 0.29) is 24.0 Å². The van der Waals surface area contributed by atoms with Crippen LogP contribution in [-0.2, 0) is 11.2 Å². The Kier molecular flexibility index (Phi) is 4.94. The second-order valence-corrected chi connectivity index (χ2v) is 6.83. The van der Waals surface area contributed by atoms with Gasteiger partial charge in [-0.3, -0.25) is 4.79 Å². The van der Waals surface area contributed by atoms with E-state index in [1.165, 1.54) is 29.5 Å². The highest BCUT2D eigenvalue weighted by molar-refractivity contribution is 7.14. The molecule has 0 bridgehead atoms. The summed E-state index contributed by atoms with van der Waals surface area (Å²) in [4.78, 5) is 17.2. The normalized spacial score (nSPS) is 10.8. The quantitative estimate of drug-likeness (QED) is 0.519. The molecular formula is C20H13F2N3O2S. The molecule has 0 saturated heterocycles. The van der Waals surface area contributed by atoms with Crippen LogP contribution in [0.25, 0.3) is 22.2 Å². The van der Waals surface area contributed by atoms with E-state index in [1.807, 2.05) is 0 Å². The average molecular weight is 397 g/mol. The van der Waals surface area contributed by atoms with Crippen molar-refractivity contribution in [3.63, 3.8) is 0 Å². The Morgan fingerprint density at radius 3 is 2.64 bits per heavy atom. The maximum Gasteiger partial charge on any atom is 0.270 e. The van der Waals surface area contributed by atoms with Gasteiger partial charge in [0.15, 0.2) is 0 Å². The van der Waals surface area contributed by atoms with Crippen LogP contribution in [0.5, 0.6) is 0 Å². The lowest BCUT2D eigenvalue weighted by Crippen LogP contribution is -2.15. The number of hydrogen-bond donors (Lipinski definition) is 1. The Hall–Kier alpha value is -3.39. The van der Waals surface area contributed by atoms with Crippen LogP contribution in [0.2, 0.25) is 0 Å². The number of halogens is 2. The number of benzene rings is 2. The van der Waals surface area contributed by atoms with E-state index in [9.17, 15) is 13.6 Å². The fourth-order valence-electron chi connectivity index (χ4n) is 2.61. The van der Waals surface area contributed by atoms with Crippen LogP contribution in [0.4, 0.5) is 14.5 Å². The van der Waals surface area contributed by atoms with Crippen LogP contribution in [-0.4, -0.2) is 16.0 Å². The van der Waals surface area contributed by atoms with Gasteiger partial charge in [0.25, 0.3) is 5.89 Å².